The van der Waals surface area contributed by atoms with Crippen LogP contribution in [0.4, 0.5) is 11.4 Å². The molecule has 0 radical (unpaired) electrons. The second-order valence-electron chi connectivity index (χ2n) is 7.64. The Morgan fingerprint density at radius 3 is 2.38 bits per heavy atom. The standard InChI is InChI=1S/C24H31N3O2/c1-2-19-9-8-11-21(17-19)25-23(28)13-14-24(29)26-22-12-5-4-10-20(22)18-27-15-6-3-7-16-27/h4-5,8-12,17H,2-3,6-7,13-16,18H2,1H3,(H,25,28)(H,26,29). The molecule has 0 spiro atoms. The Morgan fingerprint density at radius 1 is 0.897 bits per heavy atom. The first-order chi connectivity index (χ1) is 14.1. The molecule has 2 N–H and O–H groups in total. The lowest BCUT2D eigenvalue weighted by Gasteiger charge is -2.27. The minimum Gasteiger partial charge on any atom is -0.326 e. The fourth-order valence-electron chi connectivity index (χ4n) is 3.67. The van der Waals surface area contributed by atoms with E-state index < -0.39 is 0 Å². The highest BCUT2D eigenvalue weighted by atomic mass is 16.2. The third-order valence-electron chi connectivity index (χ3n) is 5.33. The molecule has 5 heteroatoms. The number of carbonyl (C=O) groups is 2. The van der Waals surface area contributed by atoms with E-state index in [0.717, 1.165) is 43.0 Å². The van der Waals surface area contributed by atoms with Gasteiger partial charge in [-0.3, -0.25) is 14.5 Å². The summed E-state index contributed by atoms with van der Waals surface area (Å²) in [6.45, 7) is 5.16. The third kappa shape index (κ3) is 6.71. The molecule has 1 fully saturated rings. The van der Waals surface area contributed by atoms with Crippen LogP contribution in [0.25, 0.3) is 0 Å². The number of carbonyl (C=O) groups excluding carboxylic acids is 2. The number of nitrogens with zero attached hydrogens (tertiary/aromatic N) is 1. The van der Waals surface area contributed by atoms with Crippen molar-refractivity contribution in [2.75, 3.05) is 23.7 Å². The molecule has 0 bridgehead atoms. The van der Waals surface area contributed by atoms with Gasteiger partial charge in [0.05, 0.1) is 0 Å². The molecule has 3 rings (SSSR count). The van der Waals surface area contributed by atoms with Gasteiger partial charge >= 0.3 is 0 Å². The van der Waals surface area contributed by atoms with Crippen LogP contribution in [0.1, 0.15) is 50.2 Å². The maximum Gasteiger partial charge on any atom is 0.224 e. The van der Waals surface area contributed by atoms with Gasteiger partial charge in [-0.15, -0.1) is 0 Å². The number of benzene rings is 2. The van der Waals surface area contributed by atoms with Gasteiger partial charge in [-0.05, 0) is 61.7 Å². The molecular formula is C24H31N3O2. The molecule has 1 heterocycles. The van der Waals surface area contributed by atoms with Crippen molar-refractivity contribution in [2.24, 2.45) is 0 Å². The van der Waals surface area contributed by atoms with E-state index in [0.29, 0.717) is 0 Å². The Hall–Kier alpha value is -2.66. The summed E-state index contributed by atoms with van der Waals surface area (Å²) in [5.41, 5.74) is 3.93. The van der Waals surface area contributed by atoms with E-state index in [1.54, 1.807) is 0 Å². The summed E-state index contributed by atoms with van der Waals surface area (Å²) < 4.78 is 0. The molecule has 2 aromatic rings. The zero-order valence-corrected chi connectivity index (χ0v) is 17.2. The van der Waals surface area contributed by atoms with E-state index in [2.05, 4.69) is 28.5 Å². The summed E-state index contributed by atoms with van der Waals surface area (Å²) in [5, 5.41) is 5.87. The third-order valence-corrected chi connectivity index (χ3v) is 5.33. The molecule has 1 aliphatic heterocycles. The van der Waals surface area contributed by atoms with Crippen molar-refractivity contribution >= 4 is 23.2 Å². The monoisotopic (exact) mass is 393 g/mol. The predicted octanol–water partition coefficient (Wildman–Crippen LogP) is 4.59. The molecule has 1 saturated heterocycles. The first-order valence-electron chi connectivity index (χ1n) is 10.6. The molecule has 2 amide bonds. The van der Waals surface area contributed by atoms with Gasteiger partial charge in [0.1, 0.15) is 0 Å². The smallest absolute Gasteiger partial charge is 0.224 e. The van der Waals surface area contributed by atoms with E-state index in [-0.39, 0.29) is 24.7 Å². The SMILES string of the molecule is CCc1cccc(NC(=O)CCC(=O)Nc2ccccc2CN2CCCCC2)c1. The van der Waals surface area contributed by atoms with Crippen molar-refractivity contribution in [3.8, 4) is 0 Å². The maximum atomic E-state index is 12.4. The number of likely N-dealkylation sites (tertiary alicyclic amines) is 1. The highest BCUT2D eigenvalue weighted by Gasteiger charge is 2.14. The molecule has 0 aromatic heterocycles. The zero-order valence-electron chi connectivity index (χ0n) is 17.2. The number of rotatable bonds is 8. The number of anilines is 2. The average Bonchev–Trinajstić information content (AvgIpc) is 2.74. The topological polar surface area (TPSA) is 61.4 Å². The maximum absolute atomic E-state index is 12.4. The fourth-order valence-corrected chi connectivity index (χ4v) is 3.67. The van der Waals surface area contributed by atoms with Crippen LogP contribution in [0.15, 0.2) is 48.5 Å². The lowest BCUT2D eigenvalue weighted by atomic mass is 10.1. The summed E-state index contributed by atoms with van der Waals surface area (Å²) in [6, 6.07) is 15.7. The summed E-state index contributed by atoms with van der Waals surface area (Å²) in [7, 11) is 0. The van der Waals surface area contributed by atoms with Gasteiger partial charge in [0.2, 0.25) is 11.8 Å². The Bertz CT molecular complexity index is 828. The minimum atomic E-state index is -0.144. The van der Waals surface area contributed by atoms with Gasteiger partial charge < -0.3 is 10.6 Å². The normalized spacial score (nSPS) is 14.4. The Morgan fingerprint density at radius 2 is 1.62 bits per heavy atom. The van der Waals surface area contributed by atoms with Crippen LogP contribution in [-0.4, -0.2) is 29.8 Å². The Kier molecular flexibility index (Phi) is 7.82. The van der Waals surface area contributed by atoms with Crippen LogP contribution in [0.5, 0.6) is 0 Å². The van der Waals surface area contributed by atoms with Crippen molar-refractivity contribution in [2.45, 2.75) is 52.0 Å². The van der Waals surface area contributed by atoms with Gasteiger partial charge in [-0.1, -0.05) is 43.7 Å². The van der Waals surface area contributed by atoms with Crippen LogP contribution in [0, 0.1) is 0 Å². The number of amides is 2. The summed E-state index contributed by atoms with van der Waals surface area (Å²) in [5.74, 6) is -0.274. The molecular weight excluding hydrogens is 362 g/mol. The summed E-state index contributed by atoms with van der Waals surface area (Å²) in [6.07, 6.45) is 5.03. The van der Waals surface area contributed by atoms with E-state index in [1.165, 1.54) is 24.8 Å². The molecule has 0 aliphatic carbocycles. The molecule has 0 saturated carbocycles. The highest BCUT2D eigenvalue weighted by Crippen LogP contribution is 2.20. The Labute approximate surface area is 173 Å². The largest absolute Gasteiger partial charge is 0.326 e. The number of piperidine rings is 1. The van der Waals surface area contributed by atoms with Crippen molar-refractivity contribution in [1.29, 1.82) is 0 Å². The van der Waals surface area contributed by atoms with E-state index in [9.17, 15) is 9.59 Å². The molecule has 1 aliphatic rings. The summed E-state index contributed by atoms with van der Waals surface area (Å²) in [4.78, 5) is 27.0. The predicted molar refractivity (Wildman–Crippen MR) is 118 cm³/mol. The van der Waals surface area contributed by atoms with E-state index >= 15 is 0 Å². The van der Waals surface area contributed by atoms with Crippen LogP contribution in [0.2, 0.25) is 0 Å². The van der Waals surface area contributed by atoms with E-state index in [1.807, 2.05) is 42.5 Å². The van der Waals surface area contributed by atoms with E-state index in [4.69, 9.17) is 0 Å². The lowest BCUT2D eigenvalue weighted by molar-refractivity contribution is -0.121. The highest BCUT2D eigenvalue weighted by molar-refractivity contribution is 5.97. The summed E-state index contributed by atoms with van der Waals surface area (Å²) >= 11 is 0. The average molecular weight is 394 g/mol. The molecule has 29 heavy (non-hydrogen) atoms. The Balaban J connectivity index is 1.49. The first kappa shape index (κ1) is 21.1. The molecule has 5 nitrogen and oxygen atoms in total. The molecule has 0 unspecified atom stereocenters. The number of aryl methyl sites for hydroxylation is 1. The number of hydrogen-bond acceptors (Lipinski definition) is 3. The van der Waals surface area contributed by atoms with Crippen LogP contribution in [-0.2, 0) is 22.6 Å². The van der Waals surface area contributed by atoms with Crippen LogP contribution < -0.4 is 10.6 Å². The van der Waals surface area contributed by atoms with Crippen LogP contribution >= 0.6 is 0 Å². The second kappa shape index (κ2) is 10.8. The lowest BCUT2D eigenvalue weighted by Crippen LogP contribution is -2.29. The van der Waals surface area contributed by atoms with Gasteiger partial charge in [-0.2, -0.15) is 0 Å². The van der Waals surface area contributed by atoms with Crippen molar-refractivity contribution in [1.82, 2.24) is 4.90 Å². The van der Waals surface area contributed by atoms with Gasteiger partial charge in [0.15, 0.2) is 0 Å². The number of para-hydroxylation sites is 1. The van der Waals surface area contributed by atoms with Crippen molar-refractivity contribution in [3.63, 3.8) is 0 Å². The molecule has 2 aromatic carbocycles. The number of nitrogens with one attached hydrogen (secondary N) is 2. The van der Waals surface area contributed by atoms with Gasteiger partial charge in [-0.25, -0.2) is 0 Å². The van der Waals surface area contributed by atoms with Crippen molar-refractivity contribution < 1.29 is 9.59 Å². The van der Waals surface area contributed by atoms with Gasteiger partial charge in [0, 0.05) is 30.8 Å². The second-order valence-corrected chi connectivity index (χ2v) is 7.64. The first-order valence-corrected chi connectivity index (χ1v) is 10.6. The zero-order chi connectivity index (χ0) is 20.5. The van der Waals surface area contributed by atoms with Gasteiger partial charge in [0.25, 0.3) is 0 Å². The fraction of sp³-hybridized carbons (Fsp3) is 0.417. The number of hydrogen-bond donors (Lipinski definition) is 2. The molecule has 154 valence electrons. The van der Waals surface area contributed by atoms with Crippen molar-refractivity contribution in [3.05, 3.63) is 59.7 Å². The quantitative estimate of drug-likeness (QED) is 0.689. The van der Waals surface area contributed by atoms with Crippen LogP contribution in [0.3, 0.4) is 0 Å². The molecule has 0 atom stereocenters. The minimum absolute atomic E-state index is 0.131.